The molecule has 2 rings (SSSR count). The normalized spacial score (nSPS) is 19.9. The third-order valence-electron chi connectivity index (χ3n) is 4.57. The van der Waals surface area contributed by atoms with Gasteiger partial charge in [0.2, 0.25) is 0 Å². The second kappa shape index (κ2) is 9.40. The highest BCUT2D eigenvalue weighted by Gasteiger charge is 2.42. The zero-order valence-electron chi connectivity index (χ0n) is 18.1. The van der Waals surface area contributed by atoms with Crippen LogP contribution in [-0.2, 0) is 38.1 Å². The maximum atomic E-state index is 11.9. The molecule has 172 valence electrons. The van der Waals surface area contributed by atoms with Crippen LogP contribution in [-0.4, -0.2) is 45.7 Å². The van der Waals surface area contributed by atoms with Gasteiger partial charge in [0.1, 0.15) is 11.5 Å². The van der Waals surface area contributed by atoms with Gasteiger partial charge in [-0.3, -0.25) is 0 Å². The summed E-state index contributed by atoms with van der Waals surface area (Å²) >= 11 is 0. The lowest BCUT2D eigenvalue weighted by molar-refractivity contribution is -0.224. The van der Waals surface area contributed by atoms with Crippen molar-refractivity contribution in [3.63, 3.8) is 0 Å². The van der Waals surface area contributed by atoms with Crippen molar-refractivity contribution < 1.29 is 48.3 Å². The van der Waals surface area contributed by atoms with Crippen molar-refractivity contribution in [1.29, 1.82) is 0 Å². The summed E-state index contributed by atoms with van der Waals surface area (Å²) in [7, 11) is 0. The highest BCUT2D eigenvalue weighted by Crippen LogP contribution is 2.27. The molecule has 0 radical (unpaired) electrons. The Morgan fingerprint density at radius 2 is 0.839 bits per heavy atom. The lowest BCUT2D eigenvalue weighted by Crippen LogP contribution is -2.42. The topological polar surface area (TPSA) is 146 Å². The first-order chi connectivity index (χ1) is 14.3. The smallest absolute Gasteiger partial charge is 0.352 e. The fraction of sp³-hybridized carbons (Fsp3) is 0.619. The van der Waals surface area contributed by atoms with Crippen LogP contribution in [0.3, 0.4) is 0 Å². The fourth-order valence-corrected chi connectivity index (χ4v) is 3.14. The van der Waals surface area contributed by atoms with E-state index in [4.69, 9.17) is 18.9 Å². The molecule has 0 aromatic heterocycles. The quantitative estimate of drug-likeness (QED) is 0.190. The molecule has 0 amide bonds. The van der Waals surface area contributed by atoms with Gasteiger partial charge in [0.15, 0.2) is 11.1 Å². The second-order valence-electron chi connectivity index (χ2n) is 8.27. The summed E-state index contributed by atoms with van der Waals surface area (Å²) in [6.07, 6.45) is 3.35. The molecule has 0 spiro atoms. The monoisotopic (exact) mass is 440 g/mol. The number of aliphatic hydroxyl groups is 2. The van der Waals surface area contributed by atoms with Crippen LogP contribution < -0.4 is 0 Å². The van der Waals surface area contributed by atoms with Gasteiger partial charge in [-0.25, -0.2) is 19.2 Å². The lowest BCUT2D eigenvalue weighted by atomic mass is 10.0. The molecule has 2 heterocycles. The van der Waals surface area contributed by atoms with Crippen LogP contribution in [0.4, 0.5) is 0 Å². The molecule has 0 saturated carbocycles. The Hall–Kier alpha value is -3.04. The summed E-state index contributed by atoms with van der Waals surface area (Å²) in [5, 5.41) is 20.1. The third kappa shape index (κ3) is 6.47. The molecule has 10 heteroatoms. The summed E-state index contributed by atoms with van der Waals surface area (Å²) in [5.41, 5.74) is -0.962. The van der Waals surface area contributed by atoms with Gasteiger partial charge >= 0.3 is 23.9 Å². The Bertz CT molecular complexity index is 719. The number of unbranched alkanes of at least 4 members (excludes halogenated alkanes) is 4. The molecule has 2 aliphatic rings. The van der Waals surface area contributed by atoms with Gasteiger partial charge in [-0.05, 0) is 12.8 Å². The molecule has 2 saturated heterocycles. The summed E-state index contributed by atoms with van der Waals surface area (Å²) in [6, 6.07) is 0. The van der Waals surface area contributed by atoms with Gasteiger partial charge in [-0.2, -0.15) is 0 Å². The number of rotatable bonds is 8. The molecule has 0 atom stereocenters. The molecule has 2 aliphatic heterocycles. The van der Waals surface area contributed by atoms with Crippen molar-refractivity contribution in [3.05, 3.63) is 22.7 Å². The van der Waals surface area contributed by atoms with E-state index in [1.807, 2.05) is 0 Å². The molecule has 0 aromatic rings. The van der Waals surface area contributed by atoms with Crippen molar-refractivity contribution in [1.82, 2.24) is 0 Å². The molecule has 0 aliphatic carbocycles. The predicted octanol–water partition coefficient (Wildman–Crippen LogP) is 3.01. The Morgan fingerprint density at radius 1 is 0.581 bits per heavy atom. The van der Waals surface area contributed by atoms with E-state index in [1.165, 1.54) is 27.7 Å². The molecule has 0 aromatic carbocycles. The molecule has 0 bridgehead atoms. The van der Waals surface area contributed by atoms with Crippen molar-refractivity contribution in [3.8, 4) is 0 Å². The molecular weight excluding hydrogens is 412 g/mol. The number of hydrogen-bond donors (Lipinski definition) is 2. The van der Waals surface area contributed by atoms with Crippen LogP contribution in [0.15, 0.2) is 22.7 Å². The molecular formula is C21H28O10. The fourth-order valence-electron chi connectivity index (χ4n) is 3.14. The highest BCUT2D eigenvalue weighted by atomic mass is 16.7. The second-order valence-corrected chi connectivity index (χ2v) is 8.27. The van der Waals surface area contributed by atoms with E-state index in [-0.39, 0.29) is 24.4 Å². The molecule has 2 fully saturated rings. The first-order valence-electron chi connectivity index (χ1n) is 10.1. The largest absolute Gasteiger partial charge is 0.511 e. The van der Waals surface area contributed by atoms with Crippen molar-refractivity contribution in [2.45, 2.75) is 84.2 Å². The maximum absolute atomic E-state index is 11.9. The predicted molar refractivity (Wildman–Crippen MR) is 104 cm³/mol. The minimum absolute atomic E-state index is 0.114. The summed E-state index contributed by atoms with van der Waals surface area (Å²) < 4.78 is 19.8. The Kier molecular flexibility index (Phi) is 7.35. The first-order valence-corrected chi connectivity index (χ1v) is 10.1. The minimum Gasteiger partial charge on any atom is -0.511 e. The van der Waals surface area contributed by atoms with E-state index in [1.54, 1.807) is 0 Å². The number of esters is 4. The number of cyclic esters (lactones) is 4. The van der Waals surface area contributed by atoms with Crippen LogP contribution in [0, 0.1) is 0 Å². The summed E-state index contributed by atoms with van der Waals surface area (Å²) in [6.45, 7) is 5.69. The minimum atomic E-state index is -1.36. The van der Waals surface area contributed by atoms with E-state index in [2.05, 4.69) is 0 Å². The number of carbonyl (C=O) groups is 4. The molecule has 31 heavy (non-hydrogen) atoms. The number of hydrogen-bond acceptors (Lipinski definition) is 10. The average molecular weight is 440 g/mol. The van der Waals surface area contributed by atoms with E-state index in [0.29, 0.717) is 25.7 Å². The van der Waals surface area contributed by atoms with Crippen LogP contribution in [0.25, 0.3) is 0 Å². The van der Waals surface area contributed by atoms with Crippen molar-refractivity contribution >= 4 is 23.9 Å². The molecule has 0 unspecified atom stereocenters. The van der Waals surface area contributed by atoms with E-state index >= 15 is 0 Å². The standard InChI is InChI=1S/C21H28O10/c1-20(2)28-16(24)14(17(25)29-20)12(22)10-8-6-5-7-9-11-13(23)15-18(26)30-21(3,4)31-19(15)27/h22-23H,5-11H2,1-4H3. The summed E-state index contributed by atoms with van der Waals surface area (Å²) in [5.74, 6) is -7.11. The van der Waals surface area contributed by atoms with E-state index in [9.17, 15) is 29.4 Å². The van der Waals surface area contributed by atoms with Crippen LogP contribution >= 0.6 is 0 Å². The SMILES string of the molecule is CC1(C)OC(=O)C(=C(O)CCCCCCCC(O)=C2C(=O)OC(C)(C)OC2=O)C(=O)O1. The van der Waals surface area contributed by atoms with Gasteiger partial charge in [0.25, 0.3) is 11.6 Å². The molecule has 10 nitrogen and oxygen atoms in total. The number of carbonyl (C=O) groups excluding carboxylic acids is 4. The average Bonchev–Trinajstić information content (AvgIpc) is 2.57. The van der Waals surface area contributed by atoms with E-state index in [0.717, 1.165) is 6.42 Å². The zero-order valence-corrected chi connectivity index (χ0v) is 18.1. The Labute approximate surface area is 179 Å². The molecule has 2 N–H and O–H groups in total. The lowest BCUT2D eigenvalue weighted by Gasteiger charge is -2.30. The number of allylic oxidation sites excluding steroid dienone is 2. The van der Waals surface area contributed by atoms with Gasteiger partial charge in [0, 0.05) is 40.5 Å². The first kappa shape index (κ1) is 24.2. The summed E-state index contributed by atoms with van der Waals surface area (Å²) in [4.78, 5) is 47.5. The van der Waals surface area contributed by atoms with Crippen LogP contribution in [0.2, 0.25) is 0 Å². The van der Waals surface area contributed by atoms with Gasteiger partial charge in [-0.1, -0.05) is 19.3 Å². The van der Waals surface area contributed by atoms with Gasteiger partial charge in [0.05, 0.1) is 0 Å². The van der Waals surface area contributed by atoms with Crippen LogP contribution in [0.5, 0.6) is 0 Å². The Morgan fingerprint density at radius 3 is 1.13 bits per heavy atom. The zero-order chi connectivity index (χ0) is 23.4. The van der Waals surface area contributed by atoms with Crippen molar-refractivity contribution in [2.75, 3.05) is 0 Å². The van der Waals surface area contributed by atoms with E-state index < -0.39 is 46.6 Å². The van der Waals surface area contributed by atoms with Crippen LogP contribution in [0.1, 0.15) is 72.6 Å². The highest BCUT2D eigenvalue weighted by molar-refractivity contribution is 6.16. The van der Waals surface area contributed by atoms with Gasteiger partial charge in [-0.15, -0.1) is 0 Å². The van der Waals surface area contributed by atoms with Crippen molar-refractivity contribution in [2.24, 2.45) is 0 Å². The number of ether oxygens (including phenoxy) is 4. The Balaban J connectivity index is 1.73. The number of aliphatic hydroxyl groups excluding tert-OH is 2. The van der Waals surface area contributed by atoms with Gasteiger partial charge < -0.3 is 29.2 Å². The third-order valence-corrected chi connectivity index (χ3v) is 4.57. The maximum Gasteiger partial charge on any atom is 0.352 e.